The van der Waals surface area contributed by atoms with Crippen LogP contribution in [0.1, 0.15) is 18.4 Å². The zero-order chi connectivity index (χ0) is 18.1. The lowest BCUT2D eigenvalue weighted by atomic mass is 9.97. The van der Waals surface area contributed by atoms with Crippen molar-refractivity contribution < 1.29 is 4.79 Å². The lowest BCUT2D eigenvalue weighted by molar-refractivity contribution is -0.120. The Morgan fingerprint density at radius 3 is 3.08 bits per heavy atom. The third kappa shape index (κ3) is 3.52. The predicted octanol–water partition coefficient (Wildman–Crippen LogP) is 4.51. The van der Waals surface area contributed by atoms with Crippen LogP contribution in [0.25, 0.3) is 10.3 Å². The number of carbonyl (C=O) groups excluding carboxylic acids is 1. The van der Waals surface area contributed by atoms with Gasteiger partial charge >= 0.3 is 0 Å². The Kier molecular flexibility index (Phi) is 4.78. The maximum Gasteiger partial charge on any atom is 0.229 e. The van der Waals surface area contributed by atoms with Crippen LogP contribution in [-0.4, -0.2) is 29.0 Å². The van der Waals surface area contributed by atoms with Gasteiger partial charge in [-0.3, -0.25) is 4.79 Å². The molecule has 1 atom stereocenters. The summed E-state index contributed by atoms with van der Waals surface area (Å²) in [7, 11) is 0. The van der Waals surface area contributed by atoms with Crippen LogP contribution in [0, 0.1) is 12.8 Å². The third-order valence-corrected chi connectivity index (χ3v) is 5.94. The third-order valence-electron chi connectivity index (χ3n) is 4.66. The lowest BCUT2D eigenvalue weighted by Gasteiger charge is -2.31. The van der Waals surface area contributed by atoms with Crippen molar-refractivity contribution in [2.45, 2.75) is 19.8 Å². The molecule has 0 aliphatic carbocycles. The Morgan fingerprint density at radius 2 is 2.27 bits per heavy atom. The van der Waals surface area contributed by atoms with E-state index >= 15 is 0 Å². The Labute approximate surface area is 161 Å². The average Bonchev–Trinajstić information content (AvgIpc) is 3.08. The number of fused-ring (bicyclic) bond motifs is 1. The Hall–Kier alpha value is -2.18. The van der Waals surface area contributed by atoms with Gasteiger partial charge in [0.05, 0.1) is 5.92 Å². The zero-order valence-corrected chi connectivity index (χ0v) is 16.0. The van der Waals surface area contributed by atoms with E-state index in [9.17, 15) is 4.79 Å². The number of halogens is 1. The van der Waals surface area contributed by atoms with Crippen LogP contribution in [0.3, 0.4) is 0 Å². The van der Waals surface area contributed by atoms with E-state index in [4.69, 9.17) is 11.6 Å². The van der Waals surface area contributed by atoms with E-state index in [1.807, 2.05) is 31.2 Å². The highest BCUT2D eigenvalue weighted by molar-refractivity contribution is 7.21. The van der Waals surface area contributed by atoms with E-state index in [1.165, 1.54) is 0 Å². The fourth-order valence-electron chi connectivity index (χ4n) is 3.26. The number of amides is 1. The molecule has 2 aromatic heterocycles. The van der Waals surface area contributed by atoms with Crippen LogP contribution in [0.4, 0.5) is 10.8 Å². The van der Waals surface area contributed by atoms with Gasteiger partial charge < -0.3 is 10.2 Å². The van der Waals surface area contributed by atoms with Crippen molar-refractivity contribution in [3.63, 3.8) is 0 Å². The number of pyridine rings is 1. The maximum atomic E-state index is 12.8. The van der Waals surface area contributed by atoms with E-state index in [2.05, 4.69) is 20.2 Å². The second kappa shape index (κ2) is 7.21. The summed E-state index contributed by atoms with van der Waals surface area (Å²) in [5.41, 5.74) is 2.70. The van der Waals surface area contributed by atoms with Crippen molar-refractivity contribution in [1.29, 1.82) is 0 Å². The summed E-state index contributed by atoms with van der Waals surface area (Å²) < 4.78 is 0. The molecule has 7 heteroatoms. The summed E-state index contributed by atoms with van der Waals surface area (Å²) in [5.74, 6) is -0.00171. The molecular weight excluding hydrogens is 368 g/mol. The van der Waals surface area contributed by atoms with Gasteiger partial charge in [-0.15, -0.1) is 0 Å². The van der Waals surface area contributed by atoms with Gasteiger partial charge in [0, 0.05) is 30.0 Å². The van der Waals surface area contributed by atoms with Crippen LogP contribution >= 0.6 is 22.9 Å². The highest BCUT2D eigenvalue weighted by atomic mass is 35.5. The number of anilines is 2. The number of hydrogen-bond acceptors (Lipinski definition) is 5. The summed E-state index contributed by atoms with van der Waals surface area (Å²) in [6, 6.07) is 9.38. The second-order valence-electron chi connectivity index (χ2n) is 6.56. The second-order valence-corrected chi connectivity index (χ2v) is 7.95. The van der Waals surface area contributed by atoms with Crippen LogP contribution in [0.5, 0.6) is 0 Å². The normalized spacial score (nSPS) is 17.5. The van der Waals surface area contributed by atoms with Gasteiger partial charge in [0.2, 0.25) is 5.91 Å². The molecule has 3 aromatic rings. The lowest BCUT2D eigenvalue weighted by Crippen LogP contribution is -2.40. The number of piperidine rings is 1. The fraction of sp³-hybridized carbons (Fsp3) is 0.316. The van der Waals surface area contributed by atoms with Crippen LogP contribution < -0.4 is 10.2 Å². The molecule has 1 amide bonds. The van der Waals surface area contributed by atoms with Crippen molar-refractivity contribution in [2.75, 3.05) is 23.3 Å². The molecular formula is C19H19ClN4OS. The number of nitrogens with one attached hydrogen (secondary N) is 1. The zero-order valence-electron chi connectivity index (χ0n) is 14.4. The molecule has 0 bridgehead atoms. The summed E-state index contributed by atoms with van der Waals surface area (Å²) in [6.45, 7) is 3.55. The first-order valence-corrected chi connectivity index (χ1v) is 9.83. The Balaban J connectivity index is 1.48. The number of aromatic nitrogens is 2. The smallest absolute Gasteiger partial charge is 0.229 e. The summed E-state index contributed by atoms with van der Waals surface area (Å²) in [6.07, 6.45) is 3.64. The Bertz CT molecular complexity index is 925. The molecule has 1 N–H and O–H groups in total. The molecule has 1 fully saturated rings. The first-order chi connectivity index (χ1) is 12.6. The fourth-order valence-corrected chi connectivity index (χ4v) is 4.43. The van der Waals surface area contributed by atoms with Crippen LogP contribution in [0.15, 0.2) is 36.5 Å². The molecule has 0 radical (unpaired) electrons. The molecule has 3 heterocycles. The quantitative estimate of drug-likeness (QED) is 0.719. The van der Waals surface area contributed by atoms with Gasteiger partial charge in [-0.25, -0.2) is 9.97 Å². The molecule has 0 unspecified atom stereocenters. The SMILES string of the molecule is Cc1cc(Cl)ccc1NC(=O)[C@@H]1CCCN(c2nc3cccnc3s2)C1. The predicted molar refractivity (Wildman–Crippen MR) is 107 cm³/mol. The number of rotatable bonds is 3. The molecule has 1 saturated heterocycles. The van der Waals surface area contributed by atoms with E-state index in [0.717, 1.165) is 46.1 Å². The van der Waals surface area contributed by atoms with E-state index in [0.29, 0.717) is 11.6 Å². The van der Waals surface area contributed by atoms with Crippen molar-refractivity contribution in [1.82, 2.24) is 9.97 Å². The van der Waals surface area contributed by atoms with Crippen molar-refractivity contribution in [3.05, 3.63) is 47.1 Å². The standard InChI is InChI=1S/C19H19ClN4OS/c1-12-10-14(20)6-7-15(12)22-17(25)13-4-3-9-24(11-13)19-23-16-5-2-8-21-18(16)26-19/h2,5-8,10,13H,3-4,9,11H2,1H3,(H,22,25)/t13-/m1/s1. The molecule has 1 aromatic carbocycles. The molecule has 1 aliphatic rings. The summed E-state index contributed by atoms with van der Waals surface area (Å²) in [4.78, 5) is 24.9. The van der Waals surface area contributed by atoms with Crippen molar-refractivity contribution in [3.8, 4) is 0 Å². The topological polar surface area (TPSA) is 58.1 Å². The number of nitrogens with zero attached hydrogens (tertiary/aromatic N) is 3. The highest BCUT2D eigenvalue weighted by Crippen LogP contribution is 2.31. The van der Waals surface area contributed by atoms with Crippen molar-refractivity contribution >= 4 is 50.0 Å². The van der Waals surface area contributed by atoms with Gasteiger partial charge in [-0.05, 0) is 55.7 Å². The van der Waals surface area contributed by atoms with Gasteiger partial charge in [-0.2, -0.15) is 0 Å². The summed E-state index contributed by atoms with van der Waals surface area (Å²) >= 11 is 7.58. The number of hydrogen-bond donors (Lipinski definition) is 1. The molecule has 5 nitrogen and oxygen atoms in total. The Morgan fingerprint density at radius 1 is 1.38 bits per heavy atom. The molecule has 134 valence electrons. The van der Waals surface area contributed by atoms with Crippen LogP contribution in [0.2, 0.25) is 5.02 Å². The minimum atomic E-state index is -0.0567. The molecule has 1 aliphatic heterocycles. The highest BCUT2D eigenvalue weighted by Gasteiger charge is 2.27. The molecule has 0 saturated carbocycles. The number of thiazole rings is 1. The minimum Gasteiger partial charge on any atom is -0.347 e. The van der Waals surface area contributed by atoms with Crippen molar-refractivity contribution in [2.24, 2.45) is 5.92 Å². The van der Waals surface area contributed by atoms with Gasteiger partial charge in [-0.1, -0.05) is 22.9 Å². The minimum absolute atomic E-state index is 0.0550. The first kappa shape index (κ1) is 17.2. The largest absolute Gasteiger partial charge is 0.347 e. The average molecular weight is 387 g/mol. The maximum absolute atomic E-state index is 12.8. The number of aryl methyl sites for hydroxylation is 1. The monoisotopic (exact) mass is 386 g/mol. The van der Waals surface area contributed by atoms with Gasteiger partial charge in [0.1, 0.15) is 10.3 Å². The van der Waals surface area contributed by atoms with Gasteiger partial charge in [0.15, 0.2) is 5.13 Å². The number of benzene rings is 1. The number of carbonyl (C=O) groups is 1. The van der Waals surface area contributed by atoms with E-state index in [1.54, 1.807) is 23.6 Å². The molecule has 26 heavy (non-hydrogen) atoms. The summed E-state index contributed by atoms with van der Waals surface area (Å²) in [5, 5.41) is 4.67. The van der Waals surface area contributed by atoms with Gasteiger partial charge in [0.25, 0.3) is 0 Å². The van der Waals surface area contributed by atoms with E-state index < -0.39 is 0 Å². The van der Waals surface area contributed by atoms with E-state index in [-0.39, 0.29) is 11.8 Å². The molecule has 4 rings (SSSR count). The molecule has 0 spiro atoms. The first-order valence-electron chi connectivity index (χ1n) is 8.63. The van der Waals surface area contributed by atoms with Crippen LogP contribution in [-0.2, 0) is 4.79 Å².